The summed E-state index contributed by atoms with van der Waals surface area (Å²) in [4.78, 5) is 33.7. The molecule has 2 aromatic rings. The number of piperazine rings is 1. The van der Waals surface area contributed by atoms with E-state index in [1.165, 1.54) is 0 Å². The standard InChI is InChI=1S/C25H35N5O4/c1-5-18(2)28-25(32)30-15-13-29(14-16-30)23-20(7-6-11-26-23)24(31)27-12-10-19-8-9-21(33-3)22(17-19)34-4/h6-9,11,17-18H,5,10,12-16H2,1-4H3,(H,27,31)(H,28,32)/t18-/m1/s1. The van der Waals surface area contributed by atoms with Crippen molar-refractivity contribution in [1.29, 1.82) is 0 Å². The summed E-state index contributed by atoms with van der Waals surface area (Å²) in [7, 11) is 3.20. The van der Waals surface area contributed by atoms with Crippen LogP contribution in [0.3, 0.4) is 0 Å². The zero-order valence-corrected chi connectivity index (χ0v) is 20.5. The molecule has 0 unspecified atom stereocenters. The molecule has 1 aliphatic heterocycles. The lowest BCUT2D eigenvalue weighted by atomic mass is 10.1. The molecule has 2 N–H and O–H groups in total. The van der Waals surface area contributed by atoms with E-state index in [2.05, 4.69) is 20.5 Å². The lowest BCUT2D eigenvalue weighted by molar-refractivity contribution is 0.0954. The summed E-state index contributed by atoms with van der Waals surface area (Å²) in [6.07, 6.45) is 3.24. The van der Waals surface area contributed by atoms with E-state index in [0.29, 0.717) is 62.0 Å². The first-order valence-electron chi connectivity index (χ1n) is 11.7. The average Bonchev–Trinajstić information content (AvgIpc) is 2.88. The molecule has 184 valence electrons. The van der Waals surface area contributed by atoms with Crippen molar-refractivity contribution in [2.24, 2.45) is 0 Å². The SMILES string of the molecule is CC[C@@H](C)NC(=O)N1CCN(c2ncccc2C(=O)NCCc2ccc(OC)c(OC)c2)CC1. The highest BCUT2D eigenvalue weighted by Gasteiger charge is 2.25. The Morgan fingerprint density at radius 3 is 2.50 bits per heavy atom. The molecular weight excluding hydrogens is 434 g/mol. The summed E-state index contributed by atoms with van der Waals surface area (Å²) >= 11 is 0. The van der Waals surface area contributed by atoms with Crippen LogP contribution in [-0.2, 0) is 6.42 Å². The van der Waals surface area contributed by atoms with Gasteiger partial charge < -0.3 is 29.9 Å². The van der Waals surface area contributed by atoms with Crippen molar-refractivity contribution in [3.05, 3.63) is 47.7 Å². The number of benzene rings is 1. The third kappa shape index (κ3) is 6.30. The van der Waals surface area contributed by atoms with Crippen molar-refractivity contribution in [3.63, 3.8) is 0 Å². The first-order valence-corrected chi connectivity index (χ1v) is 11.7. The quantitative estimate of drug-likeness (QED) is 0.586. The van der Waals surface area contributed by atoms with Gasteiger partial charge in [-0.2, -0.15) is 0 Å². The molecule has 3 rings (SSSR count). The van der Waals surface area contributed by atoms with Crippen LogP contribution in [0.1, 0.15) is 36.2 Å². The molecule has 0 radical (unpaired) electrons. The Morgan fingerprint density at radius 2 is 1.82 bits per heavy atom. The van der Waals surface area contributed by atoms with E-state index in [4.69, 9.17) is 9.47 Å². The Balaban J connectivity index is 1.57. The zero-order chi connectivity index (χ0) is 24.5. The first kappa shape index (κ1) is 25.1. The number of carbonyl (C=O) groups is 2. The Hall–Kier alpha value is -3.49. The number of carbonyl (C=O) groups excluding carboxylic acids is 2. The number of methoxy groups -OCH3 is 2. The number of ether oxygens (including phenoxy) is 2. The molecule has 0 aliphatic carbocycles. The Kier molecular flexibility index (Phi) is 8.95. The third-order valence-corrected chi connectivity index (χ3v) is 6.03. The predicted molar refractivity (Wildman–Crippen MR) is 132 cm³/mol. The molecule has 0 bridgehead atoms. The van der Waals surface area contributed by atoms with Gasteiger partial charge in [0, 0.05) is 45.0 Å². The van der Waals surface area contributed by atoms with Gasteiger partial charge in [-0.1, -0.05) is 13.0 Å². The van der Waals surface area contributed by atoms with E-state index < -0.39 is 0 Å². The van der Waals surface area contributed by atoms with E-state index in [1.807, 2.05) is 36.9 Å². The van der Waals surface area contributed by atoms with Gasteiger partial charge in [-0.15, -0.1) is 0 Å². The molecule has 2 heterocycles. The second-order valence-corrected chi connectivity index (χ2v) is 8.30. The number of urea groups is 1. The van der Waals surface area contributed by atoms with Gasteiger partial charge >= 0.3 is 6.03 Å². The van der Waals surface area contributed by atoms with Gasteiger partial charge in [-0.05, 0) is 49.6 Å². The maximum atomic E-state index is 13.0. The molecule has 1 aromatic heterocycles. The van der Waals surface area contributed by atoms with Gasteiger partial charge in [-0.25, -0.2) is 9.78 Å². The summed E-state index contributed by atoms with van der Waals surface area (Å²) in [6, 6.07) is 9.40. The molecule has 9 heteroatoms. The molecular formula is C25H35N5O4. The molecule has 1 aliphatic rings. The number of aromatic nitrogens is 1. The molecule has 1 aromatic carbocycles. The zero-order valence-electron chi connectivity index (χ0n) is 20.5. The summed E-state index contributed by atoms with van der Waals surface area (Å²) < 4.78 is 10.6. The maximum absolute atomic E-state index is 13.0. The fraction of sp³-hybridized carbons (Fsp3) is 0.480. The van der Waals surface area contributed by atoms with Crippen LogP contribution in [-0.4, -0.2) is 74.8 Å². The van der Waals surface area contributed by atoms with E-state index in [9.17, 15) is 9.59 Å². The second kappa shape index (κ2) is 12.1. The van der Waals surface area contributed by atoms with E-state index >= 15 is 0 Å². The number of amides is 3. The fourth-order valence-corrected chi connectivity index (χ4v) is 3.80. The molecule has 3 amide bonds. The van der Waals surface area contributed by atoms with Crippen LogP contribution in [0.15, 0.2) is 36.5 Å². The average molecular weight is 470 g/mol. The van der Waals surface area contributed by atoms with Crippen molar-refractivity contribution in [3.8, 4) is 11.5 Å². The lowest BCUT2D eigenvalue weighted by Gasteiger charge is -2.36. The summed E-state index contributed by atoms with van der Waals surface area (Å²) in [5.41, 5.74) is 1.57. The molecule has 1 fully saturated rings. The van der Waals surface area contributed by atoms with Crippen LogP contribution in [0.4, 0.5) is 10.6 Å². The monoisotopic (exact) mass is 469 g/mol. The largest absolute Gasteiger partial charge is 0.493 e. The van der Waals surface area contributed by atoms with Crippen molar-refractivity contribution in [2.45, 2.75) is 32.7 Å². The minimum absolute atomic E-state index is 0.0388. The minimum Gasteiger partial charge on any atom is -0.493 e. The van der Waals surface area contributed by atoms with Crippen molar-refractivity contribution in [1.82, 2.24) is 20.5 Å². The molecule has 0 saturated carbocycles. The Bertz CT molecular complexity index is 976. The minimum atomic E-state index is -0.166. The van der Waals surface area contributed by atoms with Crippen molar-refractivity contribution in [2.75, 3.05) is 51.8 Å². The van der Waals surface area contributed by atoms with E-state index in [-0.39, 0.29) is 18.0 Å². The summed E-state index contributed by atoms with van der Waals surface area (Å²) in [6.45, 7) is 6.93. The topological polar surface area (TPSA) is 96.0 Å². The highest BCUT2D eigenvalue weighted by Crippen LogP contribution is 2.27. The van der Waals surface area contributed by atoms with Crippen LogP contribution < -0.4 is 25.0 Å². The van der Waals surface area contributed by atoms with Gasteiger partial charge in [0.15, 0.2) is 11.5 Å². The number of pyridine rings is 1. The van der Waals surface area contributed by atoms with Gasteiger partial charge in [-0.3, -0.25) is 4.79 Å². The predicted octanol–water partition coefficient (Wildman–Crippen LogP) is 2.70. The van der Waals surface area contributed by atoms with Gasteiger partial charge in [0.25, 0.3) is 5.91 Å². The maximum Gasteiger partial charge on any atom is 0.317 e. The number of nitrogens with zero attached hydrogens (tertiary/aromatic N) is 3. The van der Waals surface area contributed by atoms with Gasteiger partial charge in [0.1, 0.15) is 5.82 Å². The molecule has 1 atom stereocenters. The number of rotatable bonds is 9. The number of hydrogen-bond acceptors (Lipinski definition) is 6. The van der Waals surface area contributed by atoms with Crippen molar-refractivity contribution >= 4 is 17.8 Å². The fourth-order valence-electron chi connectivity index (χ4n) is 3.80. The van der Waals surface area contributed by atoms with Crippen LogP contribution in [0, 0.1) is 0 Å². The normalized spacial score (nSPS) is 14.4. The van der Waals surface area contributed by atoms with Gasteiger partial charge in [0.2, 0.25) is 0 Å². The number of hydrogen-bond donors (Lipinski definition) is 2. The van der Waals surface area contributed by atoms with E-state index in [0.717, 1.165) is 12.0 Å². The summed E-state index contributed by atoms with van der Waals surface area (Å²) in [5, 5.41) is 6.00. The van der Waals surface area contributed by atoms with Crippen LogP contribution in [0.5, 0.6) is 11.5 Å². The Morgan fingerprint density at radius 1 is 1.09 bits per heavy atom. The molecule has 9 nitrogen and oxygen atoms in total. The highest BCUT2D eigenvalue weighted by atomic mass is 16.5. The van der Waals surface area contributed by atoms with Crippen LogP contribution in [0.2, 0.25) is 0 Å². The van der Waals surface area contributed by atoms with Gasteiger partial charge in [0.05, 0.1) is 19.8 Å². The molecule has 0 spiro atoms. The Labute approximate surface area is 201 Å². The van der Waals surface area contributed by atoms with Crippen LogP contribution in [0.25, 0.3) is 0 Å². The summed E-state index contributed by atoms with van der Waals surface area (Å²) in [5.74, 6) is 1.82. The van der Waals surface area contributed by atoms with Crippen LogP contribution >= 0.6 is 0 Å². The third-order valence-electron chi connectivity index (χ3n) is 6.03. The second-order valence-electron chi connectivity index (χ2n) is 8.30. The first-order chi connectivity index (χ1) is 16.5. The molecule has 34 heavy (non-hydrogen) atoms. The lowest BCUT2D eigenvalue weighted by Crippen LogP contribution is -2.53. The highest BCUT2D eigenvalue weighted by molar-refractivity contribution is 5.98. The number of anilines is 1. The smallest absolute Gasteiger partial charge is 0.317 e. The molecule has 1 saturated heterocycles. The van der Waals surface area contributed by atoms with Crippen molar-refractivity contribution < 1.29 is 19.1 Å². The van der Waals surface area contributed by atoms with E-state index in [1.54, 1.807) is 32.5 Å². The number of nitrogens with one attached hydrogen (secondary N) is 2.